The van der Waals surface area contributed by atoms with Crippen LogP contribution in [0.15, 0.2) is 0 Å². The lowest BCUT2D eigenvalue weighted by molar-refractivity contribution is 0.371. The molecule has 0 N–H and O–H groups in total. The highest BCUT2D eigenvalue weighted by molar-refractivity contribution is 6.79. The zero-order valence-electron chi connectivity index (χ0n) is 28.2. The van der Waals surface area contributed by atoms with Crippen LogP contribution in [0, 0.1) is 35.3 Å². The molecular weight excluding hydrogens is 569 g/mol. The second-order valence-electron chi connectivity index (χ2n) is 13.4. The van der Waals surface area contributed by atoms with E-state index in [0.717, 1.165) is 50.6 Å². The maximum atomic E-state index is 14.8. The minimum Gasteiger partial charge on any atom is -0.539 e. The topological polar surface area (TPSA) is 9.23 Å². The van der Waals surface area contributed by atoms with Crippen LogP contribution in [0.4, 0.5) is 17.6 Å². The molecule has 1 radical (unpaired) electrons. The summed E-state index contributed by atoms with van der Waals surface area (Å²) >= 11 is 0. The van der Waals surface area contributed by atoms with Crippen molar-refractivity contribution in [3.05, 3.63) is 29.3 Å². The first kappa shape index (κ1) is 39.2. The summed E-state index contributed by atoms with van der Waals surface area (Å²) in [6.45, 7) is 15.5. The smallest absolute Gasteiger partial charge is 0.254 e. The van der Waals surface area contributed by atoms with Crippen molar-refractivity contribution in [2.24, 2.45) is 5.92 Å². The van der Waals surface area contributed by atoms with Crippen molar-refractivity contribution in [3.63, 3.8) is 0 Å². The highest BCUT2D eigenvalue weighted by Gasteiger charge is 2.42. The molecule has 7 heteroatoms. The van der Waals surface area contributed by atoms with Crippen LogP contribution in [-0.4, -0.2) is 16.4 Å². The molecule has 1 rings (SSSR count). The Morgan fingerprint density at radius 1 is 0.595 bits per heavy atom. The van der Waals surface area contributed by atoms with Crippen LogP contribution >= 0.6 is 0 Å². The molecule has 1 nitrogen and oxygen atoms in total. The Kier molecular flexibility index (Phi) is 19.6. The molecule has 0 saturated heterocycles. The van der Waals surface area contributed by atoms with Gasteiger partial charge in [0, 0.05) is 0 Å². The summed E-state index contributed by atoms with van der Waals surface area (Å²) in [6, 6.07) is 8.71. The number of hydrogen-bond acceptors (Lipinski definition) is 1. The van der Waals surface area contributed by atoms with E-state index in [1.165, 1.54) is 81.6 Å². The van der Waals surface area contributed by atoms with Gasteiger partial charge in [0.05, 0.1) is 14.1 Å². The van der Waals surface area contributed by atoms with E-state index < -0.39 is 45.4 Å². The first-order chi connectivity index (χ1) is 20.0. The number of rotatable bonds is 25. The molecule has 42 heavy (non-hydrogen) atoms. The molecule has 0 aliphatic heterocycles. The standard InChI is InChI=1S/C35H63F4OSi2/c1-8-13-14-17-20-30(12-5)21-27-42(29(6)7,40-35-33(38)31(36)28-32(37)34(35)39)26-19-16-15-18-25-41(22-9-2,23-10-3)24-11-4/h29-30H,8-27H2,1-7H3. The number of unbranched alkanes of at least 4 members (excludes halogenated alkanes) is 6. The predicted molar refractivity (Wildman–Crippen MR) is 178 cm³/mol. The van der Waals surface area contributed by atoms with Gasteiger partial charge in [0.2, 0.25) is 11.6 Å². The highest BCUT2D eigenvalue weighted by Crippen LogP contribution is 2.40. The Morgan fingerprint density at radius 2 is 1.12 bits per heavy atom. The van der Waals surface area contributed by atoms with E-state index in [2.05, 4.69) is 48.5 Å². The van der Waals surface area contributed by atoms with E-state index in [9.17, 15) is 17.6 Å². The summed E-state index contributed by atoms with van der Waals surface area (Å²) in [7, 11) is -4.01. The van der Waals surface area contributed by atoms with E-state index in [4.69, 9.17) is 4.43 Å². The minimum absolute atomic E-state index is 0.0583. The molecule has 1 aromatic carbocycles. The first-order valence-corrected chi connectivity index (χ1v) is 22.7. The third-order valence-electron chi connectivity index (χ3n) is 9.78. The van der Waals surface area contributed by atoms with E-state index in [0.29, 0.717) is 5.92 Å². The predicted octanol–water partition coefficient (Wildman–Crippen LogP) is 13.4. The molecule has 2 unspecified atom stereocenters. The summed E-state index contributed by atoms with van der Waals surface area (Å²) in [5.41, 5.74) is 0.0583. The van der Waals surface area contributed by atoms with Crippen LogP contribution < -0.4 is 4.43 Å². The highest BCUT2D eigenvalue weighted by atomic mass is 28.4. The van der Waals surface area contributed by atoms with Crippen molar-refractivity contribution < 1.29 is 22.0 Å². The van der Waals surface area contributed by atoms with Gasteiger partial charge in [-0.2, -0.15) is 8.78 Å². The monoisotopic (exact) mass is 631 g/mol. The summed E-state index contributed by atoms with van der Waals surface area (Å²) in [4.78, 5) is 0. The Balaban J connectivity index is 3.06. The van der Waals surface area contributed by atoms with Crippen LogP contribution in [-0.2, 0) is 0 Å². The summed E-state index contributed by atoms with van der Waals surface area (Å²) < 4.78 is 64.2. The second-order valence-corrected chi connectivity index (χ2v) is 22.8. The largest absolute Gasteiger partial charge is 0.539 e. The Hall–Kier alpha value is -0.826. The fourth-order valence-corrected chi connectivity index (χ4v) is 17.1. The van der Waals surface area contributed by atoms with Crippen LogP contribution in [0.5, 0.6) is 5.75 Å². The van der Waals surface area contributed by atoms with Gasteiger partial charge in [-0.1, -0.05) is 156 Å². The van der Waals surface area contributed by atoms with E-state index in [1.54, 1.807) is 0 Å². The van der Waals surface area contributed by atoms with Crippen molar-refractivity contribution in [1.82, 2.24) is 0 Å². The lowest BCUT2D eigenvalue weighted by atomic mass is 9.96. The second kappa shape index (κ2) is 21.0. The molecular formula is C35H63F4OSi2. The molecule has 0 amide bonds. The van der Waals surface area contributed by atoms with Crippen molar-refractivity contribution in [2.45, 2.75) is 180 Å². The SMILES string of the molecule is CCCCCCC(CC)CC[Si](CCCCCC[Si](CCC)(CCC)CCC)(Oc1c(F)c(F)[c]c(F)c1F)C(C)C. The summed E-state index contributed by atoms with van der Waals surface area (Å²) in [6.07, 6.45) is 16.3. The van der Waals surface area contributed by atoms with Gasteiger partial charge in [0.25, 0.3) is 8.32 Å². The van der Waals surface area contributed by atoms with Crippen LogP contribution in [0.3, 0.4) is 0 Å². The van der Waals surface area contributed by atoms with Gasteiger partial charge in [-0.15, -0.1) is 0 Å². The van der Waals surface area contributed by atoms with Crippen LogP contribution in [0.1, 0.15) is 138 Å². The molecule has 0 saturated carbocycles. The number of hydrogen-bond donors (Lipinski definition) is 0. The van der Waals surface area contributed by atoms with Gasteiger partial charge in [0.15, 0.2) is 17.4 Å². The summed E-state index contributed by atoms with van der Waals surface area (Å²) in [5.74, 6) is -6.29. The van der Waals surface area contributed by atoms with Gasteiger partial charge in [-0.3, -0.25) is 0 Å². The van der Waals surface area contributed by atoms with Gasteiger partial charge in [-0.25, -0.2) is 8.78 Å². The van der Waals surface area contributed by atoms with Crippen molar-refractivity contribution in [2.75, 3.05) is 0 Å². The van der Waals surface area contributed by atoms with Crippen LogP contribution in [0.2, 0.25) is 41.8 Å². The summed E-state index contributed by atoms with van der Waals surface area (Å²) in [5, 5.41) is 0. The molecule has 0 aliphatic rings. The molecule has 1 aromatic rings. The molecule has 0 heterocycles. The average Bonchev–Trinajstić information content (AvgIpc) is 2.95. The van der Waals surface area contributed by atoms with Crippen molar-refractivity contribution in [3.8, 4) is 5.75 Å². The molecule has 0 bridgehead atoms. The molecule has 0 fully saturated rings. The fraction of sp³-hybridized carbons (Fsp3) is 0.829. The van der Waals surface area contributed by atoms with E-state index >= 15 is 0 Å². The quantitative estimate of drug-likeness (QED) is 0.0451. The van der Waals surface area contributed by atoms with E-state index in [-0.39, 0.29) is 5.54 Å². The molecule has 0 spiro atoms. The lowest BCUT2D eigenvalue weighted by Crippen LogP contribution is -2.45. The molecule has 0 aliphatic carbocycles. The van der Waals surface area contributed by atoms with Gasteiger partial charge in [-0.05, 0) is 30.0 Å². The first-order valence-electron chi connectivity index (χ1n) is 17.5. The number of benzene rings is 1. The maximum Gasteiger partial charge on any atom is 0.254 e. The number of halogens is 4. The maximum absolute atomic E-state index is 14.8. The Morgan fingerprint density at radius 3 is 1.60 bits per heavy atom. The van der Waals surface area contributed by atoms with Crippen LogP contribution in [0.25, 0.3) is 0 Å². The lowest BCUT2D eigenvalue weighted by Gasteiger charge is -2.37. The minimum atomic E-state index is -2.81. The van der Waals surface area contributed by atoms with Gasteiger partial charge in [0.1, 0.15) is 0 Å². The fourth-order valence-electron chi connectivity index (χ4n) is 7.20. The van der Waals surface area contributed by atoms with E-state index in [1.807, 2.05) is 0 Å². The average molecular weight is 632 g/mol. The Labute approximate surface area is 259 Å². The Bertz CT molecular complexity index is 823. The van der Waals surface area contributed by atoms with Crippen molar-refractivity contribution >= 4 is 16.4 Å². The van der Waals surface area contributed by atoms with Crippen molar-refractivity contribution in [1.29, 1.82) is 0 Å². The third kappa shape index (κ3) is 12.7. The molecule has 2 atom stereocenters. The third-order valence-corrected chi connectivity index (χ3v) is 20.9. The molecule has 0 aromatic heterocycles. The van der Waals surface area contributed by atoms with Gasteiger partial charge < -0.3 is 4.43 Å². The molecule has 245 valence electrons. The zero-order chi connectivity index (χ0) is 31.6. The van der Waals surface area contributed by atoms with Gasteiger partial charge >= 0.3 is 0 Å². The zero-order valence-corrected chi connectivity index (χ0v) is 30.2. The normalized spacial score (nSPS) is 14.4.